The highest BCUT2D eigenvalue weighted by molar-refractivity contribution is 5.75. The van der Waals surface area contributed by atoms with Gasteiger partial charge in [-0.05, 0) is 38.6 Å². The average Bonchev–Trinajstić information content (AvgIpc) is 3.23. The van der Waals surface area contributed by atoms with Crippen LogP contribution in [0.1, 0.15) is 39.0 Å². The number of carbonyl (C=O) groups excluding carboxylic acids is 1. The van der Waals surface area contributed by atoms with Gasteiger partial charge in [0.05, 0.1) is 6.61 Å². The van der Waals surface area contributed by atoms with Crippen LogP contribution in [-0.4, -0.2) is 65.8 Å². The zero-order chi connectivity index (χ0) is 13.7. The van der Waals surface area contributed by atoms with Crippen molar-refractivity contribution in [1.29, 1.82) is 0 Å². The SMILES string of the molecule is CCCN1CCC(NC(=O)N(CCO)C2CC2)CC1. The molecule has 110 valence electrons. The predicted molar refractivity (Wildman–Crippen MR) is 75.1 cm³/mol. The fourth-order valence-corrected chi connectivity index (χ4v) is 2.82. The highest BCUT2D eigenvalue weighted by Gasteiger charge is 2.33. The van der Waals surface area contributed by atoms with Gasteiger partial charge in [0.2, 0.25) is 0 Å². The van der Waals surface area contributed by atoms with Crippen molar-refractivity contribution in [2.45, 2.75) is 51.1 Å². The van der Waals surface area contributed by atoms with Crippen molar-refractivity contribution in [3.8, 4) is 0 Å². The number of likely N-dealkylation sites (tertiary alicyclic amines) is 1. The molecule has 0 radical (unpaired) electrons. The van der Waals surface area contributed by atoms with Crippen LogP contribution in [0.5, 0.6) is 0 Å². The normalized spacial score (nSPS) is 21.4. The van der Waals surface area contributed by atoms with E-state index in [1.54, 1.807) is 4.90 Å². The van der Waals surface area contributed by atoms with Gasteiger partial charge in [-0.1, -0.05) is 6.92 Å². The lowest BCUT2D eigenvalue weighted by Gasteiger charge is -2.33. The lowest BCUT2D eigenvalue weighted by atomic mass is 10.1. The summed E-state index contributed by atoms with van der Waals surface area (Å²) in [6, 6.07) is 0.693. The number of amides is 2. The van der Waals surface area contributed by atoms with E-state index in [-0.39, 0.29) is 12.6 Å². The summed E-state index contributed by atoms with van der Waals surface area (Å²) >= 11 is 0. The van der Waals surface area contributed by atoms with Gasteiger partial charge in [-0.2, -0.15) is 0 Å². The molecule has 1 aliphatic carbocycles. The maximum Gasteiger partial charge on any atom is 0.317 e. The highest BCUT2D eigenvalue weighted by atomic mass is 16.3. The third-order valence-electron chi connectivity index (χ3n) is 4.04. The largest absolute Gasteiger partial charge is 0.395 e. The first-order valence-corrected chi connectivity index (χ1v) is 7.65. The van der Waals surface area contributed by atoms with Crippen LogP contribution in [0.25, 0.3) is 0 Å². The highest BCUT2D eigenvalue weighted by Crippen LogP contribution is 2.26. The molecule has 1 saturated carbocycles. The monoisotopic (exact) mass is 269 g/mol. The van der Waals surface area contributed by atoms with Crippen LogP contribution in [0.15, 0.2) is 0 Å². The minimum absolute atomic E-state index is 0.0190. The lowest BCUT2D eigenvalue weighted by molar-refractivity contribution is 0.157. The molecule has 19 heavy (non-hydrogen) atoms. The number of aliphatic hydroxyl groups excluding tert-OH is 1. The second-order valence-corrected chi connectivity index (χ2v) is 5.71. The molecule has 2 amide bonds. The Balaban J connectivity index is 1.73. The maximum atomic E-state index is 12.2. The van der Waals surface area contributed by atoms with Crippen LogP contribution >= 0.6 is 0 Å². The van der Waals surface area contributed by atoms with Gasteiger partial charge in [0.25, 0.3) is 0 Å². The van der Waals surface area contributed by atoms with Crippen molar-refractivity contribution in [1.82, 2.24) is 15.1 Å². The Labute approximate surface area is 115 Å². The molecule has 2 rings (SSSR count). The Morgan fingerprint density at radius 3 is 2.53 bits per heavy atom. The van der Waals surface area contributed by atoms with E-state index in [1.807, 2.05) is 0 Å². The molecule has 2 N–H and O–H groups in total. The second-order valence-electron chi connectivity index (χ2n) is 5.71. The van der Waals surface area contributed by atoms with Gasteiger partial charge in [-0.25, -0.2) is 4.79 Å². The van der Waals surface area contributed by atoms with Crippen LogP contribution < -0.4 is 5.32 Å². The lowest BCUT2D eigenvalue weighted by Crippen LogP contribution is -2.50. The Morgan fingerprint density at radius 1 is 1.32 bits per heavy atom. The zero-order valence-electron chi connectivity index (χ0n) is 12.0. The maximum absolute atomic E-state index is 12.2. The van der Waals surface area contributed by atoms with Crippen LogP contribution in [0, 0.1) is 0 Å². The first-order chi connectivity index (χ1) is 9.24. The summed E-state index contributed by atoms with van der Waals surface area (Å²) in [4.78, 5) is 16.5. The van der Waals surface area contributed by atoms with Gasteiger partial charge >= 0.3 is 6.03 Å². The van der Waals surface area contributed by atoms with Gasteiger partial charge in [-0.15, -0.1) is 0 Å². The van der Waals surface area contributed by atoms with Crippen molar-refractivity contribution < 1.29 is 9.90 Å². The predicted octanol–water partition coefficient (Wildman–Crippen LogP) is 1.03. The molecule has 1 aliphatic heterocycles. The third-order valence-corrected chi connectivity index (χ3v) is 4.04. The summed E-state index contributed by atoms with van der Waals surface area (Å²) in [6.07, 6.45) is 5.46. The number of nitrogens with one attached hydrogen (secondary N) is 1. The molecule has 1 saturated heterocycles. The standard InChI is InChI=1S/C14H27N3O2/c1-2-7-16-8-5-12(6-9-16)15-14(19)17(10-11-18)13-3-4-13/h12-13,18H,2-11H2,1H3,(H,15,19). The van der Waals surface area contributed by atoms with Gasteiger partial charge in [-0.3, -0.25) is 0 Å². The third kappa shape index (κ3) is 4.35. The van der Waals surface area contributed by atoms with Gasteiger partial charge in [0.1, 0.15) is 0 Å². The fourth-order valence-electron chi connectivity index (χ4n) is 2.82. The number of piperidine rings is 1. The molecule has 0 unspecified atom stereocenters. The van der Waals surface area contributed by atoms with E-state index < -0.39 is 0 Å². The summed E-state index contributed by atoms with van der Waals surface area (Å²) < 4.78 is 0. The molecule has 0 aromatic rings. The van der Waals surface area contributed by atoms with Crippen molar-refractivity contribution in [3.63, 3.8) is 0 Å². The Kier molecular flexibility index (Phi) is 5.45. The van der Waals surface area contributed by atoms with E-state index in [2.05, 4.69) is 17.1 Å². The Morgan fingerprint density at radius 2 is 2.00 bits per heavy atom. The van der Waals surface area contributed by atoms with Gasteiger partial charge < -0.3 is 20.2 Å². The molecule has 1 heterocycles. The van der Waals surface area contributed by atoms with Crippen molar-refractivity contribution in [2.75, 3.05) is 32.8 Å². The molecule has 5 nitrogen and oxygen atoms in total. The average molecular weight is 269 g/mol. The molecule has 0 aromatic carbocycles. The van der Waals surface area contributed by atoms with Crippen LogP contribution in [0.2, 0.25) is 0 Å². The number of hydrogen-bond donors (Lipinski definition) is 2. The topological polar surface area (TPSA) is 55.8 Å². The van der Waals surface area contributed by atoms with E-state index in [0.717, 1.165) is 38.8 Å². The molecule has 0 bridgehead atoms. The summed E-state index contributed by atoms with van der Waals surface area (Å²) in [5.74, 6) is 0. The first-order valence-electron chi connectivity index (χ1n) is 7.65. The summed E-state index contributed by atoms with van der Waals surface area (Å²) in [5.41, 5.74) is 0. The number of nitrogens with zero attached hydrogens (tertiary/aromatic N) is 2. The molecule has 0 spiro atoms. The van der Waals surface area contributed by atoms with E-state index in [1.165, 1.54) is 13.0 Å². The smallest absolute Gasteiger partial charge is 0.317 e. The molecule has 5 heteroatoms. The van der Waals surface area contributed by atoms with E-state index in [0.29, 0.717) is 18.6 Å². The Hall–Kier alpha value is -0.810. The zero-order valence-corrected chi connectivity index (χ0v) is 12.0. The number of urea groups is 1. The minimum atomic E-state index is 0.0190. The summed E-state index contributed by atoms with van der Waals surface area (Å²) in [6.45, 7) is 6.06. The van der Waals surface area contributed by atoms with Gasteiger partial charge in [0.15, 0.2) is 0 Å². The molecular formula is C14H27N3O2. The summed E-state index contributed by atoms with van der Waals surface area (Å²) in [7, 11) is 0. The van der Waals surface area contributed by atoms with Crippen LogP contribution in [0.4, 0.5) is 4.79 Å². The summed E-state index contributed by atoms with van der Waals surface area (Å²) in [5, 5.41) is 12.2. The quantitative estimate of drug-likeness (QED) is 0.757. The van der Waals surface area contributed by atoms with Crippen molar-refractivity contribution in [3.05, 3.63) is 0 Å². The molecule has 2 aliphatic rings. The fraction of sp³-hybridized carbons (Fsp3) is 0.929. The minimum Gasteiger partial charge on any atom is -0.395 e. The molecule has 0 atom stereocenters. The first kappa shape index (κ1) is 14.6. The second kappa shape index (κ2) is 7.10. The van der Waals surface area contributed by atoms with Crippen molar-refractivity contribution in [2.24, 2.45) is 0 Å². The van der Waals surface area contributed by atoms with E-state index in [9.17, 15) is 4.79 Å². The molecule has 0 aromatic heterocycles. The number of carbonyl (C=O) groups is 1. The number of rotatable bonds is 6. The van der Waals surface area contributed by atoms with E-state index in [4.69, 9.17) is 5.11 Å². The van der Waals surface area contributed by atoms with Crippen LogP contribution in [0.3, 0.4) is 0 Å². The molecule has 2 fully saturated rings. The number of hydrogen-bond acceptors (Lipinski definition) is 3. The number of aliphatic hydroxyl groups is 1. The molecular weight excluding hydrogens is 242 g/mol. The van der Waals surface area contributed by atoms with Crippen LogP contribution in [-0.2, 0) is 0 Å². The van der Waals surface area contributed by atoms with Gasteiger partial charge in [0, 0.05) is 31.7 Å². The Bertz CT molecular complexity index is 286. The van der Waals surface area contributed by atoms with Crippen molar-refractivity contribution >= 4 is 6.03 Å². The van der Waals surface area contributed by atoms with E-state index >= 15 is 0 Å².